The molecule has 2 rings (SSSR count). The van der Waals surface area contributed by atoms with Crippen molar-refractivity contribution >= 4 is 35.0 Å². The summed E-state index contributed by atoms with van der Waals surface area (Å²) in [5.74, 6) is 0.122. The first-order valence-corrected chi connectivity index (χ1v) is 8.14. The van der Waals surface area contributed by atoms with Gasteiger partial charge in [-0.2, -0.15) is 0 Å². The van der Waals surface area contributed by atoms with Gasteiger partial charge in [-0.15, -0.1) is 21.5 Å². The monoisotopic (exact) mass is 325 g/mol. The zero-order chi connectivity index (χ0) is 15.1. The van der Waals surface area contributed by atoms with Gasteiger partial charge in [0.25, 0.3) is 0 Å². The molecule has 2 heterocycles. The Kier molecular flexibility index (Phi) is 5.76. The van der Waals surface area contributed by atoms with E-state index in [0.717, 1.165) is 18.1 Å². The second-order valence-corrected chi connectivity index (χ2v) is 6.24. The molecule has 0 unspecified atom stereocenters. The van der Waals surface area contributed by atoms with Crippen molar-refractivity contribution in [2.45, 2.75) is 24.5 Å². The lowest BCUT2D eigenvalue weighted by Crippen LogP contribution is -2.35. The van der Waals surface area contributed by atoms with Crippen LogP contribution < -0.4 is 11.1 Å². The van der Waals surface area contributed by atoms with Gasteiger partial charge in [-0.25, -0.2) is 4.79 Å². The normalized spacial score (nSPS) is 10.5. The van der Waals surface area contributed by atoms with Gasteiger partial charge in [-0.1, -0.05) is 17.8 Å². The van der Waals surface area contributed by atoms with E-state index in [2.05, 4.69) is 21.6 Å². The quantitative estimate of drug-likeness (QED) is 0.746. The van der Waals surface area contributed by atoms with Crippen molar-refractivity contribution < 1.29 is 9.59 Å². The standard InChI is InChI=1S/C12H15N5O2S2/c13-11(19)15-10(18)4-7-21-12-16-14-8-17(12)5-3-9-2-1-6-20-9/h1-2,6,8H,3-5,7H2,(H3,13,15,18,19). The summed E-state index contributed by atoms with van der Waals surface area (Å²) >= 11 is 3.15. The van der Waals surface area contributed by atoms with E-state index in [1.807, 2.05) is 16.0 Å². The Labute approximate surface area is 129 Å². The third-order valence-corrected chi connectivity index (χ3v) is 4.50. The summed E-state index contributed by atoms with van der Waals surface area (Å²) in [5, 5.41) is 12.8. The molecule has 21 heavy (non-hydrogen) atoms. The molecule has 2 aromatic heterocycles. The number of amides is 3. The molecule has 7 nitrogen and oxygen atoms in total. The highest BCUT2D eigenvalue weighted by atomic mass is 32.2. The van der Waals surface area contributed by atoms with E-state index in [0.29, 0.717) is 5.75 Å². The lowest BCUT2D eigenvalue weighted by Gasteiger charge is -2.05. The van der Waals surface area contributed by atoms with Gasteiger partial charge < -0.3 is 10.3 Å². The summed E-state index contributed by atoms with van der Waals surface area (Å²) < 4.78 is 1.95. The number of imide groups is 1. The van der Waals surface area contributed by atoms with Gasteiger partial charge in [-0.05, 0) is 17.9 Å². The number of thioether (sulfide) groups is 1. The summed E-state index contributed by atoms with van der Waals surface area (Å²) in [5.41, 5.74) is 4.87. The highest BCUT2D eigenvalue weighted by Gasteiger charge is 2.08. The van der Waals surface area contributed by atoms with Gasteiger partial charge in [0.15, 0.2) is 5.16 Å². The molecule has 0 radical (unpaired) electrons. The maximum Gasteiger partial charge on any atom is 0.318 e. The number of rotatable bonds is 7. The number of aromatic nitrogens is 3. The molecule has 0 aliphatic rings. The molecule has 0 fully saturated rings. The summed E-state index contributed by atoms with van der Waals surface area (Å²) in [6.07, 6.45) is 2.80. The van der Waals surface area contributed by atoms with Crippen molar-refractivity contribution in [3.8, 4) is 0 Å². The van der Waals surface area contributed by atoms with Crippen LogP contribution in [0.2, 0.25) is 0 Å². The van der Waals surface area contributed by atoms with Gasteiger partial charge in [-0.3, -0.25) is 10.1 Å². The number of hydrogen-bond donors (Lipinski definition) is 2. The minimum absolute atomic E-state index is 0.200. The molecule has 0 atom stereocenters. The zero-order valence-electron chi connectivity index (χ0n) is 11.2. The zero-order valence-corrected chi connectivity index (χ0v) is 12.8. The number of nitrogens with two attached hydrogens (primary N) is 1. The number of aryl methyl sites for hydroxylation is 2. The molecule has 3 N–H and O–H groups in total. The van der Waals surface area contributed by atoms with Gasteiger partial charge in [0.1, 0.15) is 6.33 Å². The molecule has 0 aromatic carbocycles. The highest BCUT2D eigenvalue weighted by Crippen LogP contribution is 2.17. The number of urea groups is 1. The second kappa shape index (κ2) is 7.79. The minimum atomic E-state index is -0.830. The Balaban J connectivity index is 1.77. The topological polar surface area (TPSA) is 103 Å². The van der Waals surface area contributed by atoms with Crippen LogP contribution in [0.4, 0.5) is 4.79 Å². The van der Waals surface area contributed by atoms with Crippen LogP contribution in [0.5, 0.6) is 0 Å². The fourth-order valence-electron chi connectivity index (χ4n) is 1.63. The van der Waals surface area contributed by atoms with Gasteiger partial charge in [0.2, 0.25) is 5.91 Å². The van der Waals surface area contributed by atoms with E-state index in [9.17, 15) is 9.59 Å². The first-order chi connectivity index (χ1) is 10.1. The van der Waals surface area contributed by atoms with Gasteiger partial charge in [0, 0.05) is 23.6 Å². The van der Waals surface area contributed by atoms with Crippen molar-refractivity contribution in [2.24, 2.45) is 5.73 Å². The number of carbonyl (C=O) groups is 2. The average molecular weight is 325 g/mol. The van der Waals surface area contributed by atoms with Crippen LogP contribution in [0, 0.1) is 0 Å². The highest BCUT2D eigenvalue weighted by molar-refractivity contribution is 7.99. The minimum Gasteiger partial charge on any atom is -0.351 e. The van der Waals surface area contributed by atoms with Crippen LogP contribution in [-0.4, -0.2) is 32.5 Å². The number of nitrogens with zero attached hydrogens (tertiary/aromatic N) is 3. The Morgan fingerprint density at radius 3 is 3.05 bits per heavy atom. The molecular formula is C12H15N5O2S2. The van der Waals surface area contributed by atoms with E-state index in [1.54, 1.807) is 17.7 Å². The molecule has 3 amide bonds. The van der Waals surface area contributed by atoms with Crippen LogP contribution in [0.25, 0.3) is 0 Å². The van der Waals surface area contributed by atoms with Gasteiger partial charge in [0.05, 0.1) is 0 Å². The maximum atomic E-state index is 11.3. The van der Waals surface area contributed by atoms with Crippen molar-refractivity contribution in [1.29, 1.82) is 0 Å². The molecule has 0 aliphatic carbocycles. The molecule has 112 valence electrons. The Morgan fingerprint density at radius 2 is 2.33 bits per heavy atom. The van der Waals surface area contributed by atoms with E-state index in [4.69, 9.17) is 5.73 Å². The van der Waals surface area contributed by atoms with Crippen LogP contribution in [0.1, 0.15) is 11.3 Å². The number of primary amides is 1. The molecule has 0 bridgehead atoms. The predicted molar refractivity (Wildman–Crippen MR) is 81.1 cm³/mol. The summed E-state index contributed by atoms with van der Waals surface area (Å²) in [4.78, 5) is 23.1. The molecule has 0 spiro atoms. The lowest BCUT2D eigenvalue weighted by atomic mass is 10.3. The number of nitrogens with one attached hydrogen (secondary N) is 1. The molecule has 9 heteroatoms. The van der Waals surface area contributed by atoms with Crippen molar-refractivity contribution in [3.63, 3.8) is 0 Å². The fourth-order valence-corrected chi connectivity index (χ4v) is 3.21. The van der Waals surface area contributed by atoms with Crippen molar-refractivity contribution in [1.82, 2.24) is 20.1 Å². The van der Waals surface area contributed by atoms with E-state index in [1.165, 1.54) is 16.6 Å². The van der Waals surface area contributed by atoms with E-state index >= 15 is 0 Å². The molecule has 0 saturated heterocycles. The predicted octanol–water partition coefficient (Wildman–Crippen LogP) is 1.26. The van der Waals surface area contributed by atoms with E-state index < -0.39 is 6.03 Å². The third kappa shape index (κ3) is 5.20. The molecule has 0 saturated carbocycles. The van der Waals surface area contributed by atoms with Crippen molar-refractivity contribution in [2.75, 3.05) is 5.75 Å². The molecule has 0 aliphatic heterocycles. The molecular weight excluding hydrogens is 310 g/mol. The Morgan fingerprint density at radius 1 is 1.48 bits per heavy atom. The third-order valence-electron chi connectivity index (χ3n) is 2.58. The first-order valence-electron chi connectivity index (χ1n) is 6.27. The number of carbonyl (C=O) groups excluding carboxylic acids is 2. The largest absolute Gasteiger partial charge is 0.351 e. The summed E-state index contributed by atoms with van der Waals surface area (Å²) in [6.45, 7) is 0.795. The lowest BCUT2D eigenvalue weighted by molar-refractivity contribution is -0.119. The number of thiophene rings is 1. The Bertz CT molecular complexity index is 597. The van der Waals surface area contributed by atoms with Crippen LogP contribution in [-0.2, 0) is 17.8 Å². The molecule has 2 aromatic rings. The van der Waals surface area contributed by atoms with Crippen LogP contribution in [0.3, 0.4) is 0 Å². The Hall–Kier alpha value is -1.87. The van der Waals surface area contributed by atoms with Gasteiger partial charge >= 0.3 is 6.03 Å². The SMILES string of the molecule is NC(=O)NC(=O)CCSc1nncn1CCc1cccs1. The summed E-state index contributed by atoms with van der Waals surface area (Å²) in [7, 11) is 0. The van der Waals surface area contributed by atoms with Crippen LogP contribution >= 0.6 is 23.1 Å². The average Bonchev–Trinajstić information content (AvgIpc) is 3.06. The smallest absolute Gasteiger partial charge is 0.318 e. The number of hydrogen-bond acceptors (Lipinski definition) is 6. The van der Waals surface area contributed by atoms with Crippen molar-refractivity contribution in [3.05, 3.63) is 28.7 Å². The first kappa shape index (κ1) is 15.5. The fraction of sp³-hybridized carbons (Fsp3) is 0.333. The maximum absolute atomic E-state index is 11.3. The summed E-state index contributed by atoms with van der Waals surface area (Å²) in [6, 6.07) is 3.29. The second-order valence-electron chi connectivity index (χ2n) is 4.15. The van der Waals surface area contributed by atoms with E-state index in [-0.39, 0.29) is 12.3 Å². The van der Waals surface area contributed by atoms with Crippen LogP contribution in [0.15, 0.2) is 29.0 Å².